The van der Waals surface area contributed by atoms with Crippen LogP contribution >= 0.6 is 12.6 Å². The van der Waals surface area contributed by atoms with Gasteiger partial charge >= 0.3 is 5.97 Å². The van der Waals surface area contributed by atoms with E-state index in [1.54, 1.807) is 18.2 Å². The molecule has 0 amide bonds. The van der Waals surface area contributed by atoms with Gasteiger partial charge in [-0.15, -0.1) is 12.6 Å². The van der Waals surface area contributed by atoms with E-state index in [0.29, 0.717) is 17.1 Å². The third-order valence-corrected chi connectivity index (χ3v) is 2.24. The Bertz CT molecular complexity index is 310. The first kappa shape index (κ1) is 11.1. The van der Waals surface area contributed by atoms with E-state index in [9.17, 15) is 4.79 Å². The van der Waals surface area contributed by atoms with Gasteiger partial charge in [0, 0.05) is 4.90 Å². The van der Waals surface area contributed by atoms with Crippen LogP contribution in [0.3, 0.4) is 0 Å². The standard InChI is InChI=1S/C11H14O2S/c1-2-3-8-13-11(12)9-6-4-5-7-10(9)14/h4-7,14H,2-3,8H2,1H3. The number of rotatable bonds is 4. The summed E-state index contributed by atoms with van der Waals surface area (Å²) in [5.74, 6) is -0.288. The molecule has 3 heteroatoms. The Hall–Kier alpha value is -0.960. The summed E-state index contributed by atoms with van der Waals surface area (Å²) in [5.41, 5.74) is 0.534. The number of hydrogen-bond donors (Lipinski definition) is 1. The minimum atomic E-state index is -0.288. The van der Waals surface area contributed by atoms with Crippen molar-refractivity contribution in [1.29, 1.82) is 0 Å². The molecule has 1 rings (SSSR count). The Morgan fingerprint density at radius 1 is 1.43 bits per heavy atom. The van der Waals surface area contributed by atoms with E-state index in [4.69, 9.17) is 4.74 Å². The molecule has 0 aliphatic heterocycles. The van der Waals surface area contributed by atoms with E-state index in [1.807, 2.05) is 6.07 Å². The molecule has 1 aromatic rings. The summed E-state index contributed by atoms with van der Waals surface area (Å²) < 4.78 is 5.06. The summed E-state index contributed by atoms with van der Waals surface area (Å²) in [7, 11) is 0. The van der Waals surface area contributed by atoms with Crippen molar-refractivity contribution in [2.75, 3.05) is 6.61 Å². The fraction of sp³-hybridized carbons (Fsp3) is 0.364. The predicted molar refractivity (Wildman–Crippen MR) is 58.9 cm³/mol. The molecular weight excluding hydrogens is 196 g/mol. The van der Waals surface area contributed by atoms with Gasteiger partial charge in [0.2, 0.25) is 0 Å². The van der Waals surface area contributed by atoms with Crippen molar-refractivity contribution in [3.63, 3.8) is 0 Å². The number of carbonyl (C=O) groups is 1. The van der Waals surface area contributed by atoms with Gasteiger partial charge in [0.1, 0.15) is 0 Å². The Balaban J connectivity index is 2.56. The summed E-state index contributed by atoms with van der Waals surface area (Å²) in [6, 6.07) is 7.14. The molecule has 0 radical (unpaired) electrons. The van der Waals surface area contributed by atoms with Crippen LogP contribution in [0.1, 0.15) is 30.1 Å². The number of esters is 1. The maximum absolute atomic E-state index is 11.5. The summed E-state index contributed by atoms with van der Waals surface area (Å²) in [6.07, 6.45) is 1.93. The highest BCUT2D eigenvalue weighted by Crippen LogP contribution is 2.13. The fourth-order valence-electron chi connectivity index (χ4n) is 1.03. The minimum Gasteiger partial charge on any atom is -0.462 e. The third kappa shape index (κ3) is 3.07. The van der Waals surface area contributed by atoms with E-state index < -0.39 is 0 Å². The number of hydrogen-bond acceptors (Lipinski definition) is 3. The van der Waals surface area contributed by atoms with Gasteiger partial charge in [-0.3, -0.25) is 0 Å². The molecule has 2 nitrogen and oxygen atoms in total. The first-order valence-electron chi connectivity index (χ1n) is 4.70. The SMILES string of the molecule is CCCCOC(=O)c1ccccc1S. The Morgan fingerprint density at radius 3 is 2.79 bits per heavy atom. The zero-order valence-electron chi connectivity index (χ0n) is 8.19. The van der Waals surface area contributed by atoms with Crippen LogP contribution in [0, 0.1) is 0 Å². The molecule has 0 bridgehead atoms. The molecule has 0 unspecified atom stereocenters. The van der Waals surface area contributed by atoms with E-state index in [1.165, 1.54) is 0 Å². The zero-order valence-corrected chi connectivity index (χ0v) is 9.09. The van der Waals surface area contributed by atoms with Gasteiger partial charge in [0.05, 0.1) is 12.2 Å². The van der Waals surface area contributed by atoms with Crippen molar-refractivity contribution >= 4 is 18.6 Å². The second-order valence-corrected chi connectivity index (χ2v) is 3.49. The summed E-state index contributed by atoms with van der Waals surface area (Å²) in [4.78, 5) is 12.1. The second kappa shape index (κ2) is 5.70. The maximum atomic E-state index is 11.5. The third-order valence-electron chi connectivity index (χ3n) is 1.86. The van der Waals surface area contributed by atoms with Crippen LogP contribution in [0.15, 0.2) is 29.2 Å². The van der Waals surface area contributed by atoms with E-state index in [0.717, 1.165) is 12.8 Å². The van der Waals surface area contributed by atoms with Crippen LogP contribution in [0.4, 0.5) is 0 Å². The molecule has 76 valence electrons. The normalized spacial score (nSPS) is 9.86. The van der Waals surface area contributed by atoms with Gasteiger partial charge in [0.15, 0.2) is 0 Å². The lowest BCUT2D eigenvalue weighted by Crippen LogP contribution is -2.06. The Kier molecular flexibility index (Phi) is 4.53. The van der Waals surface area contributed by atoms with Crippen molar-refractivity contribution in [3.05, 3.63) is 29.8 Å². The summed E-state index contributed by atoms with van der Waals surface area (Å²) >= 11 is 4.18. The van der Waals surface area contributed by atoms with Crippen molar-refractivity contribution in [3.8, 4) is 0 Å². The minimum absolute atomic E-state index is 0.288. The molecule has 0 saturated carbocycles. The first-order valence-corrected chi connectivity index (χ1v) is 5.15. The van der Waals surface area contributed by atoms with Gasteiger partial charge < -0.3 is 4.74 Å². The molecular formula is C11H14O2S. The van der Waals surface area contributed by atoms with Crippen molar-refractivity contribution < 1.29 is 9.53 Å². The number of carbonyl (C=O) groups excluding carboxylic acids is 1. The largest absolute Gasteiger partial charge is 0.462 e. The average molecular weight is 210 g/mol. The monoisotopic (exact) mass is 210 g/mol. The smallest absolute Gasteiger partial charge is 0.339 e. The lowest BCUT2D eigenvalue weighted by molar-refractivity contribution is 0.0496. The van der Waals surface area contributed by atoms with Crippen molar-refractivity contribution in [1.82, 2.24) is 0 Å². The average Bonchev–Trinajstić information content (AvgIpc) is 2.18. The Morgan fingerprint density at radius 2 is 2.14 bits per heavy atom. The van der Waals surface area contributed by atoms with Crippen molar-refractivity contribution in [2.24, 2.45) is 0 Å². The van der Waals surface area contributed by atoms with Crippen LogP contribution < -0.4 is 0 Å². The molecule has 0 aliphatic rings. The summed E-state index contributed by atoms with van der Waals surface area (Å²) in [5, 5.41) is 0. The van der Waals surface area contributed by atoms with Crippen LogP contribution in [0.5, 0.6) is 0 Å². The van der Waals surface area contributed by atoms with Gasteiger partial charge in [-0.1, -0.05) is 25.5 Å². The van der Waals surface area contributed by atoms with Gasteiger partial charge in [-0.05, 0) is 18.6 Å². The number of benzene rings is 1. The highest BCUT2D eigenvalue weighted by atomic mass is 32.1. The molecule has 0 fully saturated rings. The van der Waals surface area contributed by atoms with Gasteiger partial charge in [-0.25, -0.2) is 4.79 Å². The van der Waals surface area contributed by atoms with E-state index >= 15 is 0 Å². The molecule has 0 N–H and O–H groups in total. The molecule has 0 aliphatic carbocycles. The van der Waals surface area contributed by atoms with Gasteiger partial charge in [-0.2, -0.15) is 0 Å². The number of unbranched alkanes of at least 4 members (excludes halogenated alkanes) is 1. The Labute approximate surface area is 89.7 Å². The van der Waals surface area contributed by atoms with Crippen LogP contribution in [0.2, 0.25) is 0 Å². The fourth-order valence-corrected chi connectivity index (χ4v) is 1.29. The molecule has 0 heterocycles. The number of thiol groups is 1. The zero-order chi connectivity index (χ0) is 10.4. The lowest BCUT2D eigenvalue weighted by atomic mass is 10.2. The molecule has 0 atom stereocenters. The highest BCUT2D eigenvalue weighted by molar-refractivity contribution is 7.80. The highest BCUT2D eigenvalue weighted by Gasteiger charge is 2.08. The van der Waals surface area contributed by atoms with Gasteiger partial charge in [0.25, 0.3) is 0 Å². The first-order chi connectivity index (χ1) is 6.75. The molecule has 1 aromatic carbocycles. The van der Waals surface area contributed by atoms with E-state index in [2.05, 4.69) is 19.6 Å². The quantitative estimate of drug-likeness (QED) is 0.470. The van der Waals surface area contributed by atoms with Crippen LogP contribution in [0.25, 0.3) is 0 Å². The van der Waals surface area contributed by atoms with Crippen LogP contribution in [-0.2, 0) is 4.74 Å². The van der Waals surface area contributed by atoms with Crippen molar-refractivity contribution in [2.45, 2.75) is 24.7 Å². The molecule has 14 heavy (non-hydrogen) atoms. The predicted octanol–water partition coefficient (Wildman–Crippen LogP) is 2.93. The maximum Gasteiger partial charge on any atom is 0.339 e. The van der Waals surface area contributed by atoms with Crippen LogP contribution in [-0.4, -0.2) is 12.6 Å². The molecule has 0 aromatic heterocycles. The molecule has 0 saturated heterocycles. The lowest BCUT2D eigenvalue weighted by Gasteiger charge is -2.05. The van der Waals surface area contributed by atoms with E-state index in [-0.39, 0.29) is 5.97 Å². The number of ether oxygens (including phenoxy) is 1. The topological polar surface area (TPSA) is 26.3 Å². The second-order valence-electron chi connectivity index (χ2n) is 3.01. The summed E-state index contributed by atoms with van der Waals surface area (Å²) in [6.45, 7) is 2.54. The molecule has 0 spiro atoms.